The summed E-state index contributed by atoms with van der Waals surface area (Å²) in [5, 5.41) is 0.582. The van der Waals surface area contributed by atoms with Gasteiger partial charge in [0.1, 0.15) is 40.8 Å². The van der Waals surface area contributed by atoms with E-state index in [4.69, 9.17) is 28.1 Å². The first kappa shape index (κ1) is 29.0. The second-order valence-corrected chi connectivity index (χ2v) is 9.53. The van der Waals surface area contributed by atoms with Gasteiger partial charge in [-0.1, -0.05) is 42.5 Å². The lowest BCUT2D eigenvalue weighted by Crippen LogP contribution is -2.10. The summed E-state index contributed by atoms with van der Waals surface area (Å²) in [5.41, 5.74) is 2.93. The van der Waals surface area contributed by atoms with Crippen LogP contribution in [0.4, 0.5) is 0 Å². The summed E-state index contributed by atoms with van der Waals surface area (Å²) in [6, 6.07) is 25.1. The van der Waals surface area contributed by atoms with E-state index in [1.165, 1.54) is 20.3 Å². The number of ketones is 1. The summed E-state index contributed by atoms with van der Waals surface area (Å²) < 4.78 is 33.6. The third-order valence-electron chi connectivity index (χ3n) is 6.78. The number of carbonyl (C=O) groups excluding carboxylic acids is 2. The predicted octanol–water partition coefficient (Wildman–Crippen LogP) is 7.46. The van der Waals surface area contributed by atoms with Gasteiger partial charge in [0.25, 0.3) is 0 Å². The lowest BCUT2D eigenvalue weighted by Gasteiger charge is -2.10. The molecule has 0 amide bonds. The van der Waals surface area contributed by atoms with E-state index in [-0.39, 0.29) is 11.5 Å². The van der Waals surface area contributed by atoms with E-state index in [0.29, 0.717) is 63.0 Å². The summed E-state index contributed by atoms with van der Waals surface area (Å²) in [5.74, 6) is 1.71. The molecule has 218 valence electrons. The number of allylic oxidation sites excluding steroid dienone is 1. The second-order valence-electron chi connectivity index (χ2n) is 9.53. The molecule has 0 aliphatic carbocycles. The van der Waals surface area contributed by atoms with Gasteiger partial charge < -0.3 is 28.1 Å². The molecule has 0 aliphatic rings. The van der Waals surface area contributed by atoms with Gasteiger partial charge in [0, 0.05) is 11.5 Å². The highest BCUT2D eigenvalue weighted by molar-refractivity contribution is 6.09. The maximum absolute atomic E-state index is 13.4. The summed E-state index contributed by atoms with van der Waals surface area (Å²) in [6.07, 6.45) is 3.08. The Morgan fingerprint density at radius 2 is 1.53 bits per heavy atom. The highest BCUT2D eigenvalue weighted by atomic mass is 16.6. The standard InChI is InChI=1S/C35H30O8/c1-22-34(28-19-26(13-17-30(28)42-22)41-21-24-8-6-5-7-9-24)35(37)43-31-16-11-23(18-33(31)40-4)10-15-29(36)27-14-12-25(38-2)20-32(27)39-3/h5-20H,21H2,1-4H3/b15-10+. The zero-order chi connectivity index (χ0) is 30.3. The van der Waals surface area contributed by atoms with Crippen LogP contribution in [0.1, 0.15) is 37.6 Å². The van der Waals surface area contributed by atoms with E-state index < -0.39 is 5.97 Å². The number of methoxy groups -OCH3 is 3. The van der Waals surface area contributed by atoms with Crippen LogP contribution in [-0.2, 0) is 6.61 Å². The zero-order valence-corrected chi connectivity index (χ0v) is 24.2. The number of esters is 1. The minimum absolute atomic E-state index is 0.220. The normalized spacial score (nSPS) is 11.0. The van der Waals surface area contributed by atoms with Crippen LogP contribution < -0.4 is 23.7 Å². The molecular weight excluding hydrogens is 548 g/mol. The van der Waals surface area contributed by atoms with Gasteiger partial charge in [0.15, 0.2) is 17.3 Å². The van der Waals surface area contributed by atoms with Gasteiger partial charge in [-0.3, -0.25) is 4.79 Å². The summed E-state index contributed by atoms with van der Waals surface area (Å²) >= 11 is 0. The molecule has 43 heavy (non-hydrogen) atoms. The number of fused-ring (bicyclic) bond motifs is 1. The van der Waals surface area contributed by atoms with Crippen molar-refractivity contribution in [1.29, 1.82) is 0 Å². The van der Waals surface area contributed by atoms with E-state index >= 15 is 0 Å². The molecule has 0 unspecified atom stereocenters. The fourth-order valence-electron chi connectivity index (χ4n) is 4.57. The van der Waals surface area contributed by atoms with E-state index in [1.54, 1.807) is 74.7 Å². The Labute approximate surface area is 249 Å². The Hall–Kier alpha value is -5.50. The third kappa shape index (κ3) is 6.54. The number of carbonyl (C=O) groups is 2. The molecule has 0 bridgehead atoms. The Bertz CT molecular complexity index is 1800. The number of rotatable bonds is 11. The van der Waals surface area contributed by atoms with E-state index in [0.717, 1.165) is 5.56 Å². The van der Waals surface area contributed by atoms with Crippen molar-refractivity contribution in [3.63, 3.8) is 0 Å². The van der Waals surface area contributed by atoms with Crippen molar-refractivity contribution in [2.75, 3.05) is 21.3 Å². The lowest BCUT2D eigenvalue weighted by molar-refractivity contribution is 0.0729. The van der Waals surface area contributed by atoms with Crippen molar-refractivity contribution >= 4 is 28.8 Å². The highest BCUT2D eigenvalue weighted by Gasteiger charge is 2.22. The molecule has 1 aromatic heterocycles. The molecule has 8 nitrogen and oxygen atoms in total. The first-order chi connectivity index (χ1) is 20.9. The fraction of sp³-hybridized carbons (Fsp3) is 0.143. The average Bonchev–Trinajstić information content (AvgIpc) is 3.38. The quantitative estimate of drug-likeness (QED) is 0.0690. The van der Waals surface area contributed by atoms with Crippen molar-refractivity contribution in [2.24, 2.45) is 0 Å². The van der Waals surface area contributed by atoms with Gasteiger partial charge in [-0.25, -0.2) is 4.79 Å². The van der Waals surface area contributed by atoms with E-state index in [1.807, 2.05) is 30.3 Å². The van der Waals surface area contributed by atoms with Crippen LogP contribution in [0.3, 0.4) is 0 Å². The molecule has 0 saturated heterocycles. The Morgan fingerprint density at radius 3 is 2.28 bits per heavy atom. The van der Waals surface area contributed by atoms with Crippen LogP contribution in [-0.4, -0.2) is 33.1 Å². The van der Waals surface area contributed by atoms with Gasteiger partial charge in [-0.05, 0) is 66.6 Å². The Kier molecular flexibility index (Phi) is 8.77. The fourth-order valence-corrected chi connectivity index (χ4v) is 4.57. The van der Waals surface area contributed by atoms with E-state index in [9.17, 15) is 9.59 Å². The summed E-state index contributed by atoms with van der Waals surface area (Å²) in [4.78, 5) is 26.2. The molecule has 0 saturated carbocycles. The van der Waals surface area contributed by atoms with E-state index in [2.05, 4.69) is 0 Å². The topological polar surface area (TPSA) is 93.4 Å². The SMILES string of the molecule is COc1ccc(C(=O)/C=C/c2ccc(OC(=O)c3c(C)oc4ccc(OCc5ccccc5)cc34)c(OC)c2)c(OC)c1. The van der Waals surface area contributed by atoms with Gasteiger partial charge in [0.2, 0.25) is 0 Å². The van der Waals surface area contributed by atoms with Crippen LogP contribution in [0.2, 0.25) is 0 Å². The van der Waals surface area contributed by atoms with Crippen LogP contribution in [0.25, 0.3) is 17.0 Å². The van der Waals surface area contributed by atoms with Gasteiger partial charge in [-0.15, -0.1) is 0 Å². The number of hydrogen-bond donors (Lipinski definition) is 0. The maximum Gasteiger partial charge on any atom is 0.347 e. The van der Waals surface area contributed by atoms with Crippen LogP contribution in [0, 0.1) is 6.92 Å². The Morgan fingerprint density at radius 1 is 0.767 bits per heavy atom. The maximum atomic E-state index is 13.4. The van der Waals surface area contributed by atoms with Crippen molar-refractivity contribution < 1.29 is 37.7 Å². The number of furan rings is 1. The van der Waals surface area contributed by atoms with Crippen molar-refractivity contribution in [1.82, 2.24) is 0 Å². The average molecular weight is 579 g/mol. The van der Waals surface area contributed by atoms with Crippen molar-refractivity contribution in [2.45, 2.75) is 13.5 Å². The molecule has 0 aliphatic heterocycles. The molecule has 5 aromatic rings. The first-order valence-electron chi connectivity index (χ1n) is 13.4. The number of benzene rings is 4. The third-order valence-corrected chi connectivity index (χ3v) is 6.78. The van der Waals surface area contributed by atoms with Crippen molar-refractivity contribution in [3.05, 3.63) is 119 Å². The number of ether oxygens (including phenoxy) is 5. The largest absolute Gasteiger partial charge is 0.497 e. The molecule has 4 aromatic carbocycles. The Balaban J connectivity index is 1.33. The van der Waals surface area contributed by atoms with Crippen LogP contribution in [0.15, 0.2) is 95.4 Å². The molecule has 5 rings (SSSR count). The van der Waals surface area contributed by atoms with Crippen molar-refractivity contribution in [3.8, 4) is 28.7 Å². The summed E-state index contributed by atoms with van der Waals surface area (Å²) in [6.45, 7) is 2.10. The number of aryl methyl sites for hydroxylation is 1. The number of hydrogen-bond acceptors (Lipinski definition) is 8. The minimum Gasteiger partial charge on any atom is -0.497 e. The lowest BCUT2D eigenvalue weighted by atomic mass is 10.1. The molecule has 0 N–H and O–H groups in total. The van der Waals surface area contributed by atoms with Gasteiger partial charge >= 0.3 is 5.97 Å². The molecule has 1 heterocycles. The van der Waals surface area contributed by atoms with Gasteiger partial charge in [-0.2, -0.15) is 0 Å². The predicted molar refractivity (Wildman–Crippen MR) is 163 cm³/mol. The molecule has 8 heteroatoms. The summed E-state index contributed by atoms with van der Waals surface area (Å²) in [7, 11) is 4.51. The minimum atomic E-state index is -0.597. The molecule has 0 atom stereocenters. The molecule has 0 spiro atoms. The second kappa shape index (κ2) is 13.0. The van der Waals surface area contributed by atoms with Crippen LogP contribution >= 0.6 is 0 Å². The highest BCUT2D eigenvalue weighted by Crippen LogP contribution is 2.34. The monoisotopic (exact) mass is 578 g/mol. The molecule has 0 fully saturated rings. The van der Waals surface area contributed by atoms with Gasteiger partial charge in [0.05, 0.1) is 26.9 Å². The zero-order valence-electron chi connectivity index (χ0n) is 24.2. The molecule has 0 radical (unpaired) electrons. The van der Waals surface area contributed by atoms with Crippen LogP contribution in [0.5, 0.6) is 28.7 Å². The smallest absolute Gasteiger partial charge is 0.347 e. The molecular formula is C35H30O8. The first-order valence-corrected chi connectivity index (χ1v) is 13.4.